The second kappa shape index (κ2) is 5.20. The Balaban J connectivity index is 2.18. The molecule has 1 aromatic heterocycles. The van der Waals surface area contributed by atoms with Gasteiger partial charge in [-0.3, -0.25) is 4.68 Å². The van der Waals surface area contributed by atoms with E-state index in [1.165, 1.54) is 6.07 Å². The lowest BCUT2D eigenvalue weighted by atomic mass is 10.0. The zero-order chi connectivity index (χ0) is 13.3. The van der Waals surface area contributed by atoms with Crippen LogP contribution in [0.5, 0.6) is 0 Å². The second-order valence-electron chi connectivity index (χ2n) is 4.39. The maximum atomic E-state index is 13.1. The van der Waals surface area contributed by atoms with Crippen LogP contribution in [0.3, 0.4) is 0 Å². The summed E-state index contributed by atoms with van der Waals surface area (Å²) in [6, 6.07) is 6.79. The topological polar surface area (TPSA) is 43.8 Å². The molecule has 18 heavy (non-hydrogen) atoms. The first kappa shape index (κ1) is 13.2. The molecule has 0 spiro atoms. The second-order valence-corrected chi connectivity index (χ2v) is 5.25. The van der Waals surface area contributed by atoms with Crippen molar-refractivity contribution in [1.82, 2.24) is 9.78 Å². The van der Waals surface area contributed by atoms with Crippen LogP contribution in [0.25, 0.3) is 0 Å². The molecule has 96 valence electrons. The van der Waals surface area contributed by atoms with Gasteiger partial charge in [0.15, 0.2) is 0 Å². The standard InChI is InChI=1S/C13H15BrFN3/c1-8-5-13(18(2)17-8)12(16)7-9-3-4-11(15)10(14)6-9/h3-6,12H,7,16H2,1-2H3. The van der Waals surface area contributed by atoms with Crippen molar-refractivity contribution in [3.63, 3.8) is 0 Å². The molecule has 0 bridgehead atoms. The van der Waals surface area contributed by atoms with Crippen LogP contribution in [-0.2, 0) is 13.5 Å². The van der Waals surface area contributed by atoms with Gasteiger partial charge in [-0.05, 0) is 53.0 Å². The smallest absolute Gasteiger partial charge is 0.137 e. The van der Waals surface area contributed by atoms with E-state index < -0.39 is 0 Å². The summed E-state index contributed by atoms with van der Waals surface area (Å²) in [6.45, 7) is 1.94. The predicted octanol–water partition coefficient (Wildman–Crippen LogP) is 2.87. The fourth-order valence-electron chi connectivity index (χ4n) is 2.00. The molecule has 3 nitrogen and oxygen atoms in total. The van der Waals surface area contributed by atoms with Crippen LogP contribution in [0.4, 0.5) is 4.39 Å². The van der Waals surface area contributed by atoms with Crippen LogP contribution in [0.2, 0.25) is 0 Å². The van der Waals surface area contributed by atoms with Gasteiger partial charge in [-0.25, -0.2) is 4.39 Å². The van der Waals surface area contributed by atoms with Crippen LogP contribution in [0.15, 0.2) is 28.7 Å². The fraction of sp³-hybridized carbons (Fsp3) is 0.308. The van der Waals surface area contributed by atoms with Gasteiger partial charge in [-0.15, -0.1) is 0 Å². The molecule has 0 aliphatic heterocycles. The molecule has 1 aromatic carbocycles. The molecule has 1 unspecified atom stereocenters. The number of nitrogens with zero attached hydrogens (tertiary/aromatic N) is 2. The average Bonchev–Trinajstić information content (AvgIpc) is 2.63. The Morgan fingerprint density at radius 3 is 2.72 bits per heavy atom. The molecule has 0 fully saturated rings. The average molecular weight is 312 g/mol. The Kier molecular flexibility index (Phi) is 3.82. The predicted molar refractivity (Wildman–Crippen MR) is 72.7 cm³/mol. The minimum atomic E-state index is -0.260. The molecule has 1 atom stereocenters. The van der Waals surface area contributed by atoms with Crippen LogP contribution in [0, 0.1) is 12.7 Å². The number of aryl methyl sites for hydroxylation is 2. The summed E-state index contributed by atoms with van der Waals surface area (Å²) in [4.78, 5) is 0. The van der Waals surface area contributed by atoms with E-state index in [4.69, 9.17) is 5.73 Å². The van der Waals surface area contributed by atoms with Crippen molar-refractivity contribution in [1.29, 1.82) is 0 Å². The fourth-order valence-corrected chi connectivity index (χ4v) is 2.43. The Bertz CT molecular complexity index is 565. The van der Waals surface area contributed by atoms with Gasteiger partial charge in [0.25, 0.3) is 0 Å². The van der Waals surface area contributed by atoms with Gasteiger partial charge < -0.3 is 5.73 Å². The largest absolute Gasteiger partial charge is 0.322 e. The van der Waals surface area contributed by atoms with Crippen molar-refractivity contribution in [3.05, 3.63) is 51.5 Å². The first-order valence-corrected chi connectivity index (χ1v) is 6.46. The lowest BCUT2D eigenvalue weighted by molar-refractivity contribution is 0.607. The quantitative estimate of drug-likeness (QED) is 0.947. The highest BCUT2D eigenvalue weighted by Crippen LogP contribution is 2.21. The van der Waals surface area contributed by atoms with Crippen molar-refractivity contribution in [2.24, 2.45) is 12.8 Å². The van der Waals surface area contributed by atoms with Gasteiger partial charge in [0.2, 0.25) is 0 Å². The van der Waals surface area contributed by atoms with E-state index in [9.17, 15) is 4.39 Å². The summed E-state index contributed by atoms with van der Waals surface area (Å²) < 4.78 is 15.4. The Hall–Kier alpha value is -1.20. The molecule has 2 rings (SSSR count). The van der Waals surface area contributed by atoms with Crippen molar-refractivity contribution < 1.29 is 4.39 Å². The van der Waals surface area contributed by atoms with Crippen LogP contribution in [0.1, 0.15) is 23.0 Å². The van der Waals surface area contributed by atoms with Crippen molar-refractivity contribution >= 4 is 15.9 Å². The number of hydrogen-bond acceptors (Lipinski definition) is 2. The molecular weight excluding hydrogens is 297 g/mol. The Morgan fingerprint density at radius 2 is 2.17 bits per heavy atom. The molecular formula is C13H15BrFN3. The van der Waals surface area contributed by atoms with Crippen molar-refractivity contribution in [2.75, 3.05) is 0 Å². The molecule has 5 heteroatoms. The normalized spacial score (nSPS) is 12.7. The zero-order valence-corrected chi connectivity index (χ0v) is 11.9. The lowest BCUT2D eigenvalue weighted by Gasteiger charge is -2.12. The van der Waals surface area contributed by atoms with E-state index in [2.05, 4.69) is 21.0 Å². The molecule has 0 amide bonds. The van der Waals surface area contributed by atoms with Gasteiger partial charge in [-0.2, -0.15) is 5.10 Å². The van der Waals surface area contributed by atoms with E-state index in [0.29, 0.717) is 10.9 Å². The summed E-state index contributed by atoms with van der Waals surface area (Å²) in [6.07, 6.45) is 0.651. The van der Waals surface area contributed by atoms with Gasteiger partial charge in [-0.1, -0.05) is 6.07 Å². The lowest BCUT2D eigenvalue weighted by Crippen LogP contribution is -2.17. The SMILES string of the molecule is Cc1cc(C(N)Cc2ccc(F)c(Br)c2)n(C)n1. The Morgan fingerprint density at radius 1 is 1.44 bits per heavy atom. The first-order chi connectivity index (χ1) is 8.47. The van der Waals surface area contributed by atoms with E-state index in [0.717, 1.165) is 17.0 Å². The minimum Gasteiger partial charge on any atom is -0.322 e. The number of nitrogens with two attached hydrogens (primary N) is 1. The van der Waals surface area contributed by atoms with E-state index in [1.54, 1.807) is 16.8 Å². The van der Waals surface area contributed by atoms with E-state index in [-0.39, 0.29) is 11.9 Å². The van der Waals surface area contributed by atoms with E-state index in [1.807, 2.05) is 20.0 Å². The number of halogens is 2. The molecule has 0 aliphatic rings. The summed E-state index contributed by atoms with van der Waals surface area (Å²) in [7, 11) is 1.88. The molecule has 0 saturated heterocycles. The first-order valence-electron chi connectivity index (χ1n) is 5.67. The monoisotopic (exact) mass is 311 g/mol. The third-order valence-corrected chi connectivity index (χ3v) is 3.47. The summed E-state index contributed by atoms with van der Waals surface area (Å²) in [5.74, 6) is -0.260. The highest BCUT2D eigenvalue weighted by Gasteiger charge is 2.13. The minimum absolute atomic E-state index is 0.145. The van der Waals surface area contributed by atoms with Crippen LogP contribution < -0.4 is 5.73 Å². The van der Waals surface area contributed by atoms with Gasteiger partial charge in [0, 0.05) is 7.05 Å². The number of aromatic nitrogens is 2. The summed E-state index contributed by atoms with van der Waals surface area (Å²) in [5, 5.41) is 4.27. The third-order valence-electron chi connectivity index (χ3n) is 2.86. The van der Waals surface area contributed by atoms with Gasteiger partial charge >= 0.3 is 0 Å². The summed E-state index contributed by atoms with van der Waals surface area (Å²) in [5.41, 5.74) is 9.08. The molecule has 1 heterocycles. The molecule has 0 aliphatic carbocycles. The van der Waals surface area contributed by atoms with Crippen LogP contribution >= 0.6 is 15.9 Å². The van der Waals surface area contributed by atoms with Crippen molar-refractivity contribution in [2.45, 2.75) is 19.4 Å². The zero-order valence-electron chi connectivity index (χ0n) is 10.3. The Labute approximate surface area is 114 Å². The van der Waals surface area contributed by atoms with Crippen molar-refractivity contribution in [3.8, 4) is 0 Å². The number of hydrogen-bond donors (Lipinski definition) is 1. The number of benzene rings is 1. The maximum Gasteiger partial charge on any atom is 0.137 e. The highest BCUT2D eigenvalue weighted by molar-refractivity contribution is 9.10. The third kappa shape index (κ3) is 2.79. The molecule has 2 N–H and O–H groups in total. The van der Waals surface area contributed by atoms with Gasteiger partial charge in [0.05, 0.1) is 21.9 Å². The number of rotatable bonds is 3. The van der Waals surface area contributed by atoms with Gasteiger partial charge in [0.1, 0.15) is 5.82 Å². The van der Waals surface area contributed by atoms with E-state index >= 15 is 0 Å². The maximum absolute atomic E-state index is 13.1. The summed E-state index contributed by atoms with van der Waals surface area (Å²) >= 11 is 3.18. The molecule has 2 aromatic rings. The molecule has 0 radical (unpaired) electrons. The molecule has 0 saturated carbocycles. The highest BCUT2D eigenvalue weighted by atomic mass is 79.9. The van der Waals surface area contributed by atoms with Crippen LogP contribution in [-0.4, -0.2) is 9.78 Å².